The van der Waals surface area contributed by atoms with Crippen LogP contribution in [0, 0.1) is 11.7 Å². The quantitative estimate of drug-likeness (QED) is 0.277. The Hall–Kier alpha value is -4.05. The van der Waals surface area contributed by atoms with Gasteiger partial charge in [0.15, 0.2) is 0 Å². The van der Waals surface area contributed by atoms with Gasteiger partial charge in [-0.25, -0.2) is 14.4 Å². The maximum Gasteiger partial charge on any atom is 0.257 e. The Kier molecular flexibility index (Phi) is 6.40. The van der Waals surface area contributed by atoms with Crippen molar-refractivity contribution >= 4 is 40.5 Å². The number of carbonyl (C=O) groups is 2. The van der Waals surface area contributed by atoms with Crippen LogP contribution in [0.1, 0.15) is 46.8 Å². The first-order chi connectivity index (χ1) is 18.4. The number of nitrogens with zero attached hydrogens (tertiary/aromatic N) is 3. The van der Waals surface area contributed by atoms with Crippen molar-refractivity contribution in [2.24, 2.45) is 5.92 Å². The van der Waals surface area contributed by atoms with Crippen LogP contribution < -0.4 is 10.6 Å². The summed E-state index contributed by atoms with van der Waals surface area (Å²) in [4.78, 5) is 40.2. The van der Waals surface area contributed by atoms with E-state index in [0.29, 0.717) is 40.9 Å². The van der Waals surface area contributed by atoms with Crippen LogP contribution in [-0.4, -0.2) is 45.3 Å². The maximum absolute atomic E-state index is 13.4. The summed E-state index contributed by atoms with van der Waals surface area (Å²) in [5, 5.41) is 8.11. The van der Waals surface area contributed by atoms with Crippen LogP contribution in [-0.2, 0) is 11.2 Å². The van der Waals surface area contributed by atoms with E-state index in [0.717, 1.165) is 23.4 Å². The molecule has 0 spiro atoms. The average molecular weight is 531 g/mol. The molecule has 6 rings (SSSR count). The molecule has 1 fully saturated rings. The molecule has 8 nitrogen and oxygen atoms in total. The van der Waals surface area contributed by atoms with Gasteiger partial charge >= 0.3 is 0 Å². The molecule has 1 aromatic carbocycles. The number of thiazole rings is 1. The van der Waals surface area contributed by atoms with Crippen molar-refractivity contribution in [1.82, 2.24) is 19.9 Å². The highest BCUT2D eigenvalue weighted by atomic mass is 32.1. The van der Waals surface area contributed by atoms with Crippen molar-refractivity contribution in [3.63, 3.8) is 0 Å². The van der Waals surface area contributed by atoms with E-state index in [1.807, 2.05) is 18.5 Å². The number of H-pyrrole nitrogens is 1. The zero-order chi connectivity index (χ0) is 26.2. The van der Waals surface area contributed by atoms with Crippen molar-refractivity contribution in [2.45, 2.75) is 31.6 Å². The fourth-order valence-electron chi connectivity index (χ4n) is 5.06. The number of nitrogens with one attached hydrogen (secondary N) is 3. The van der Waals surface area contributed by atoms with Crippen molar-refractivity contribution in [3.8, 4) is 11.3 Å². The van der Waals surface area contributed by atoms with E-state index in [2.05, 4.69) is 25.6 Å². The van der Waals surface area contributed by atoms with E-state index >= 15 is 0 Å². The summed E-state index contributed by atoms with van der Waals surface area (Å²) in [6.45, 7) is 0.680. The van der Waals surface area contributed by atoms with Gasteiger partial charge in [0.2, 0.25) is 5.91 Å². The molecule has 2 aliphatic rings. The second kappa shape index (κ2) is 10.0. The van der Waals surface area contributed by atoms with E-state index < -0.39 is 0 Å². The normalized spacial score (nSPS) is 16.8. The topological polar surface area (TPSA) is 103 Å². The minimum absolute atomic E-state index is 0.0332. The summed E-state index contributed by atoms with van der Waals surface area (Å²) >= 11 is 1.47. The summed E-state index contributed by atoms with van der Waals surface area (Å²) in [5.41, 5.74) is 6.26. The lowest BCUT2D eigenvalue weighted by molar-refractivity contribution is -0.115. The largest absolute Gasteiger partial charge is 0.356 e. The predicted octanol–water partition coefficient (Wildman–Crippen LogP) is 5.57. The maximum atomic E-state index is 13.4. The van der Waals surface area contributed by atoms with Crippen molar-refractivity contribution in [3.05, 3.63) is 76.1 Å². The van der Waals surface area contributed by atoms with Crippen LogP contribution in [0.5, 0.6) is 0 Å². The van der Waals surface area contributed by atoms with Crippen molar-refractivity contribution in [1.29, 1.82) is 0 Å². The molecule has 3 aromatic heterocycles. The third kappa shape index (κ3) is 5.04. The van der Waals surface area contributed by atoms with Gasteiger partial charge in [-0.15, -0.1) is 11.3 Å². The third-order valence-corrected chi connectivity index (χ3v) is 7.67. The summed E-state index contributed by atoms with van der Waals surface area (Å²) in [5.74, 6) is 1.35. The molecule has 0 bridgehead atoms. The number of amides is 2. The van der Waals surface area contributed by atoms with Gasteiger partial charge in [-0.3, -0.25) is 9.59 Å². The first-order valence-electron chi connectivity index (χ1n) is 12.6. The molecule has 0 radical (unpaired) electrons. The van der Waals surface area contributed by atoms with Crippen LogP contribution in [0.15, 0.2) is 53.5 Å². The van der Waals surface area contributed by atoms with Crippen LogP contribution in [0.3, 0.4) is 0 Å². The van der Waals surface area contributed by atoms with Crippen LogP contribution >= 0.6 is 11.3 Å². The van der Waals surface area contributed by atoms with E-state index in [1.54, 1.807) is 34.8 Å². The monoisotopic (exact) mass is 530 g/mol. The number of likely N-dealkylation sites (N-methyl/N-ethyl adjacent to an activating group) is 1. The highest BCUT2D eigenvalue weighted by Crippen LogP contribution is 2.46. The molecule has 3 N–H and O–H groups in total. The van der Waals surface area contributed by atoms with E-state index in [1.165, 1.54) is 36.3 Å². The highest BCUT2D eigenvalue weighted by Gasteiger charge is 2.38. The number of hydrogen-bond donors (Lipinski definition) is 3. The third-order valence-electron chi connectivity index (χ3n) is 7.09. The van der Waals surface area contributed by atoms with Gasteiger partial charge in [-0.05, 0) is 42.2 Å². The molecular formula is C28H27FN6O2S. The average Bonchev–Trinajstić information content (AvgIpc) is 3.41. The van der Waals surface area contributed by atoms with Gasteiger partial charge in [-0.1, -0.05) is 25.0 Å². The number of hydrogen-bond acceptors (Lipinski definition) is 6. The van der Waals surface area contributed by atoms with Crippen molar-refractivity contribution in [2.75, 3.05) is 24.2 Å². The SMILES string of the molecule is CN1C[C@@H](CC2CC2)c2[nH]c(-c3ccnc(NC(=O)Cc4ccc(F)cc4)c3)c(Nc3cscn3)c2C1=O. The van der Waals surface area contributed by atoms with Gasteiger partial charge in [0, 0.05) is 42.3 Å². The molecule has 1 saturated carbocycles. The van der Waals surface area contributed by atoms with E-state index in [4.69, 9.17) is 0 Å². The second-order valence-corrected chi connectivity index (χ2v) is 10.7. The molecule has 1 aliphatic carbocycles. The Labute approximate surface area is 223 Å². The smallest absolute Gasteiger partial charge is 0.257 e. The number of aromatic amines is 1. The molecule has 4 aromatic rings. The molecule has 2 amide bonds. The first-order valence-corrected chi connectivity index (χ1v) is 13.6. The van der Waals surface area contributed by atoms with Gasteiger partial charge in [-0.2, -0.15) is 0 Å². The predicted molar refractivity (Wildman–Crippen MR) is 145 cm³/mol. The van der Waals surface area contributed by atoms with E-state index in [9.17, 15) is 14.0 Å². The number of rotatable bonds is 8. The van der Waals surface area contributed by atoms with Crippen molar-refractivity contribution < 1.29 is 14.0 Å². The van der Waals surface area contributed by atoms with Crippen LogP contribution in [0.4, 0.5) is 21.7 Å². The van der Waals surface area contributed by atoms with Crippen LogP contribution in [0.2, 0.25) is 0 Å². The fourth-order valence-corrected chi connectivity index (χ4v) is 5.55. The highest BCUT2D eigenvalue weighted by molar-refractivity contribution is 7.07. The van der Waals surface area contributed by atoms with E-state index in [-0.39, 0.29) is 30.0 Å². The lowest BCUT2D eigenvalue weighted by atomic mass is 9.90. The number of carbonyl (C=O) groups excluding carboxylic acids is 2. The lowest BCUT2D eigenvalue weighted by Crippen LogP contribution is -2.37. The number of halogens is 1. The Morgan fingerprint density at radius 2 is 2.00 bits per heavy atom. The summed E-state index contributed by atoms with van der Waals surface area (Å²) < 4.78 is 13.2. The Balaban J connectivity index is 1.34. The molecule has 4 heterocycles. The minimum Gasteiger partial charge on any atom is -0.356 e. The molecule has 10 heteroatoms. The summed E-state index contributed by atoms with van der Waals surface area (Å²) in [6, 6.07) is 9.48. The Morgan fingerprint density at radius 1 is 1.18 bits per heavy atom. The molecule has 1 aliphatic heterocycles. The minimum atomic E-state index is -0.344. The Morgan fingerprint density at radius 3 is 2.74 bits per heavy atom. The molecule has 1 atom stereocenters. The zero-order valence-electron chi connectivity index (χ0n) is 20.8. The summed E-state index contributed by atoms with van der Waals surface area (Å²) in [6.07, 6.45) is 5.26. The van der Waals surface area contributed by atoms with Gasteiger partial charge in [0.05, 0.1) is 28.9 Å². The zero-order valence-corrected chi connectivity index (χ0v) is 21.6. The molecule has 0 unspecified atom stereocenters. The number of anilines is 3. The standard InChI is InChI=1S/C28H27FN6O2S/c1-35-13-19(10-16-2-3-16)25-24(28(35)37)27(33-22-14-38-15-31-22)26(34-25)18-8-9-30-21(12-18)32-23(36)11-17-4-6-20(29)7-5-17/h4-9,12,14-16,19,33-34H,2-3,10-11,13H2,1H3,(H,30,32,36)/t19-/m1/s1. The fraction of sp³-hybridized carbons (Fsp3) is 0.286. The second-order valence-electron chi connectivity index (χ2n) is 10.0. The molecule has 194 valence electrons. The number of pyridine rings is 1. The lowest BCUT2D eigenvalue weighted by Gasteiger charge is -2.30. The first kappa shape index (κ1) is 24.3. The van der Waals surface area contributed by atoms with Gasteiger partial charge in [0.1, 0.15) is 17.5 Å². The van der Waals surface area contributed by atoms with Crippen LogP contribution in [0.25, 0.3) is 11.3 Å². The number of fused-ring (bicyclic) bond motifs is 1. The summed E-state index contributed by atoms with van der Waals surface area (Å²) in [7, 11) is 1.85. The molecule has 0 saturated heterocycles. The number of benzene rings is 1. The molecule has 38 heavy (non-hydrogen) atoms. The molecular weight excluding hydrogens is 503 g/mol. The number of aromatic nitrogens is 3. The van der Waals surface area contributed by atoms with Gasteiger partial charge < -0.3 is 20.5 Å². The van der Waals surface area contributed by atoms with Gasteiger partial charge in [0.25, 0.3) is 5.91 Å². The Bertz CT molecular complexity index is 1480.